The van der Waals surface area contributed by atoms with Gasteiger partial charge in [0.25, 0.3) is 0 Å². The Hall–Kier alpha value is -4.84. The predicted molar refractivity (Wildman–Crippen MR) is 132 cm³/mol. The van der Waals surface area contributed by atoms with E-state index in [4.69, 9.17) is 10.2 Å². The Balaban J connectivity index is 0.000000148. The number of fused-ring (bicyclic) bond motifs is 1. The lowest BCUT2D eigenvalue weighted by Crippen LogP contribution is -1.78. The van der Waals surface area contributed by atoms with E-state index in [0.29, 0.717) is 16.3 Å². The van der Waals surface area contributed by atoms with Gasteiger partial charge in [-0.1, -0.05) is 54.6 Å². The fraction of sp³-hybridized carbons (Fsp3) is 0. The molecule has 34 heavy (non-hydrogen) atoms. The molecule has 0 saturated heterocycles. The number of aromatic hydroxyl groups is 6. The highest BCUT2D eigenvalue weighted by molar-refractivity contribution is 5.92. The summed E-state index contributed by atoms with van der Waals surface area (Å²) in [6.07, 6.45) is 0. The summed E-state index contributed by atoms with van der Waals surface area (Å²) in [6.45, 7) is 0. The molecule has 0 aliphatic carbocycles. The van der Waals surface area contributed by atoms with Gasteiger partial charge in [0.15, 0.2) is 0 Å². The van der Waals surface area contributed by atoms with Gasteiger partial charge in [0, 0.05) is 16.3 Å². The monoisotopic (exact) mass is 456 g/mol. The zero-order valence-electron chi connectivity index (χ0n) is 18.1. The first-order chi connectivity index (χ1) is 16.3. The van der Waals surface area contributed by atoms with Crippen LogP contribution in [-0.2, 0) is 0 Å². The number of hydrogen-bond acceptors (Lipinski definition) is 6. The summed E-state index contributed by atoms with van der Waals surface area (Å²) in [4.78, 5) is 0. The summed E-state index contributed by atoms with van der Waals surface area (Å²) < 4.78 is 0. The maximum Gasteiger partial charge on any atom is 0.123 e. The molecule has 6 N–H and O–H groups in total. The minimum Gasteiger partial charge on any atom is -0.508 e. The van der Waals surface area contributed by atoms with Gasteiger partial charge < -0.3 is 30.6 Å². The standard InChI is InChI=1S/C12H10O2.C10H8O2.C6H6O2/c13-10-6-7-12(14)11(8-10)9-4-2-1-3-5-9;11-9-5-6-10(12)8-4-2-1-3-7(8)9;7-5-1-2-6(8)4-3-5/h1-8,13-14H;1-6,11-12H;1-4,7-8H. The SMILES string of the molecule is Oc1ccc(O)c(-c2ccccc2)c1.Oc1ccc(O)c2ccccc12.Oc1ccc(O)cc1. The summed E-state index contributed by atoms with van der Waals surface area (Å²) in [5, 5.41) is 56.3. The quantitative estimate of drug-likeness (QED) is 0.169. The van der Waals surface area contributed by atoms with Crippen LogP contribution in [0.4, 0.5) is 0 Å². The fourth-order valence-corrected chi connectivity index (χ4v) is 3.09. The topological polar surface area (TPSA) is 121 Å². The maximum atomic E-state index is 9.58. The second kappa shape index (κ2) is 11.2. The van der Waals surface area contributed by atoms with Gasteiger partial charge in [0.05, 0.1) is 0 Å². The van der Waals surface area contributed by atoms with Crippen LogP contribution in [0.1, 0.15) is 0 Å². The number of benzene rings is 5. The molecule has 5 aromatic rings. The number of phenols is 6. The summed E-state index contributed by atoms with van der Waals surface area (Å²) in [7, 11) is 0. The highest BCUT2D eigenvalue weighted by Gasteiger charge is 2.04. The largest absolute Gasteiger partial charge is 0.508 e. The summed E-state index contributed by atoms with van der Waals surface area (Å²) in [5.41, 5.74) is 1.53. The van der Waals surface area contributed by atoms with E-state index in [-0.39, 0.29) is 34.5 Å². The minimum atomic E-state index is 0.154. The first-order valence-corrected chi connectivity index (χ1v) is 10.3. The van der Waals surface area contributed by atoms with Gasteiger partial charge in [-0.25, -0.2) is 0 Å². The van der Waals surface area contributed by atoms with Crippen molar-refractivity contribution in [2.45, 2.75) is 0 Å². The van der Waals surface area contributed by atoms with Crippen molar-refractivity contribution in [1.29, 1.82) is 0 Å². The third-order valence-corrected chi connectivity index (χ3v) is 4.79. The normalized spacial score (nSPS) is 9.88. The van der Waals surface area contributed by atoms with Crippen LogP contribution in [0.5, 0.6) is 34.5 Å². The summed E-state index contributed by atoms with van der Waals surface area (Å²) in [5.74, 6) is 1.06. The van der Waals surface area contributed by atoms with Crippen LogP contribution in [0.15, 0.2) is 109 Å². The average molecular weight is 456 g/mol. The molecule has 0 saturated carbocycles. The van der Waals surface area contributed by atoms with Crippen LogP contribution in [0.2, 0.25) is 0 Å². The Labute approximate surface area is 196 Å². The van der Waals surface area contributed by atoms with E-state index < -0.39 is 0 Å². The molecule has 5 rings (SSSR count). The van der Waals surface area contributed by atoms with Crippen LogP contribution in [0, 0.1) is 0 Å². The fourth-order valence-electron chi connectivity index (χ4n) is 3.09. The Kier molecular flexibility index (Phi) is 7.81. The molecule has 0 aliphatic rings. The molecule has 0 atom stereocenters. The Morgan fingerprint density at radius 3 is 1.26 bits per heavy atom. The van der Waals surface area contributed by atoms with Gasteiger partial charge in [-0.05, 0) is 60.2 Å². The highest BCUT2D eigenvalue weighted by atomic mass is 16.3. The van der Waals surface area contributed by atoms with Gasteiger partial charge in [0.2, 0.25) is 0 Å². The van der Waals surface area contributed by atoms with Crippen molar-refractivity contribution in [2.24, 2.45) is 0 Å². The molecule has 0 spiro atoms. The van der Waals surface area contributed by atoms with Gasteiger partial charge in [-0.15, -0.1) is 0 Å². The van der Waals surface area contributed by atoms with E-state index in [2.05, 4.69) is 0 Å². The molecule has 0 aliphatic heterocycles. The lowest BCUT2D eigenvalue weighted by molar-refractivity contribution is 0.460. The van der Waals surface area contributed by atoms with E-state index in [1.807, 2.05) is 42.5 Å². The highest BCUT2D eigenvalue weighted by Crippen LogP contribution is 2.32. The smallest absolute Gasteiger partial charge is 0.123 e. The Bertz CT molecular complexity index is 1290. The van der Waals surface area contributed by atoms with Crippen molar-refractivity contribution in [3.05, 3.63) is 109 Å². The van der Waals surface area contributed by atoms with Crippen molar-refractivity contribution in [3.63, 3.8) is 0 Å². The van der Waals surface area contributed by atoms with Crippen LogP contribution in [0.25, 0.3) is 21.9 Å². The number of phenolic OH excluding ortho intramolecular Hbond substituents is 6. The van der Waals surface area contributed by atoms with Gasteiger partial charge >= 0.3 is 0 Å². The van der Waals surface area contributed by atoms with Crippen molar-refractivity contribution >= 4 is 10.8 Å². The maximum absolute atomic E-state index is 9.58. The van der Waals surface area contributed by atoms with E-state index >= 15 is 0 Å². The Morgan fingerprint density at radius 2 is 0.765 bits per heavy atom. The van der Waals surface area contributed by atoms with Gasteiger partial charge in [-0.2, -0.15) is 0 Å². The van der Waals surface area contributed by atoms with Crippen LogP contribution < -0.4 is 0 Å². The van der Waals surface area contributed by atoms with E-state index in [9.17, 15) is 20.4 Å². The zero-order chi connectivity index (χ0) is 24.5. The third-order valence-electron chi connectivity index (χ3n) is 4.79. The molecule has 6 nitrogen and oxygen atoms in total. The van der Waals surface area contributed by atoms with E-state index in [1.54, 1.807) is 18.2 Å². The molecule has 5 aromatic carbocycles. The molecule has 172 valence electrons. The molecule has 6 heteroatoms. The van der Waals surface area contributed by atoms with Crippen molar-refractivity contribution < 1.29 is 30.6 Å². The summed E-state index contributed by atoms with van der Waals surface area (Å²) in [6, 6.07) is 29.8. The zero-order valence-corrected chi connectivity index (χ0v) is 18.1. The molecular weight excluding hydrogens is 432 g/mol. The predicted octanol–water partition coefficient (Wildman–Crippen LogP) is 6.11. The first kappa shape index (κ1) is 23.8. The van der Waals surface area contributed by atoms with Crippen molar-refractivity contribution in [2.75, 3.05) is 0 Å². The van der Waals surface area contributed by atoms with Crippen molar-refractivity contribution in [1.82, 2.24) is 0 Å². The molecule has 0 aromatic heterocycles. The van der Waals surface area contributed by atoms with E-state index in [1.165, 1.54) is 48.5 Å². The number of rotatable bonds is 1. The lowest BCUT2D eigenvalue weighted by Gasteiger charge is -2.04. The van der Waals surface area contributed by atoms with Crippen LogP contribution in [0.3, 0.4) is 0 Å². The second-order valence-electron chi connectivity index (χ2n) is 7.23. The molecular formula is C28H24O6. The first-order valence-electron chi connectivity index (χ1n) is 10.3. The molecule has 0 radical (unpaired) electrons. The Morgan fingerprint density at radius 1 is 0.353 bits per heavy atom. The van der Waals surface area contributed by atoms with Gasteiger partial charge in [0.1, 0.15) is 34.5 Å². The second-order valence-corrected chi connectivity index (χ2v) is 7.23. The van der Waals surface area contributed by atoms with E-state index in [0.717, 1.165) is 5.56 Å². The molecule has 0 heterocycles. The van der Waals surface area contributed by atoms with Gasteiger partial charge in [-0.3, -0.25) is 0 Å². The summed E-state index contributed by atoms with van der Waals surface area (Å²) >= 11 is 0. The molecule has 0 amide bonds. The molecule has 0 fully saturated rings. The number of hydrogen-bond donors (Lipinski definition) is 6. The van der Waals surface area contributed by atoms with Crippen LogP contribution >= 0.6 is 0 Å². The third kappa shape index (κ3) is 6.34. The molecule has 0 unspecified atom stereocenters. The molecule has 0 bridgehead atoms. The lowest BCUT2D eigenvalue weighted by atomic mass is 10.0. The average Bonchev–Trinajstić information content (AvgIpc) is 2.86. The van der Waals surface area contributed by atoms with Crippen LogP contribution in [-0.4, -0.2) is 30.6 Å². The van der Waals surface area contributed by atoms with Crippen molar-refractivity contribution in [3.8, 4) is 45.6 Å². The minimum absolute atomic E-state index is 0.154.